The summed E-state index contributed by atoms with van der Waals surface area (Å²) in [5.41, 5.74) is 2.07. The third-order valence-electron chi connectivity index (χ3n) is 5.32. The van der Waals surface area contributed by atoms with Crippen LogP contribution in [-0.2, 0) is 0 Å². The van der Waals surface area contributed by atoms with Gasteiger partial charge in [0.15, 0.2) is 0 Å². The van der Waals surface area contributed by atoms with Gasteiger partial charge in [-0.05, 0) is 17.9 Å². The number of para-hydroxylation sites is 1. The number of non-ortho nitro benzene ring substituents is 1. The van der Waals surface area contributed by atoms with Crippen LogP contribution in [0.3, 0.4) is 0 Å². The molecular weight excluding hydrogens is 350 g/mol. The van der Waals surface area contributed by atoms with Crippen LogP contribution in [0.5, 0.6) is 5.75 Å². The first kappa shape index (κ1) is 17.0. The molecule has 27 heavy (non-hydrogen) atoms. The number of nitro benzene ring substituents is 2. The Morgan fingerprint density at radius 1 is 1.11 bits per heavy atom. The highest BCUT2D eigenvalue weighted by Crippen LogP contribution is 2.54. The van der Waals surface area contributed by atoms with Crippen LogP contribution in [0, 0.1) is 26.1 Å². The molecule has 2 aromatic rings. The zero-order valence-electron chi connectivity index (χ0n) is 14.5. The normalized spacial score (nSPS) is 22.5. The van der Waals surface area contributed by atoms with E-state index in [4.69, 9.17) is 4.74 Å². The number of ether oxygens (including phenoxy) is 1. The fourth-order valence-electron chi connectivity index (χ4n) is 4.14. The van der Waals surface area contributed by atoms with E-state index < -0.39 is 4.92 Å². The van der Waals surface area contributed by atoms with Crippen molar-refractivity contribution in [1.29, 1.82) is 0 Å². The molecule has 0 radical (unpaired) electrons. The van der Waals surface area contributed by atoms with Crippen molar-refractivity contribution in [2.75, 3.05) is 12.4 Å². The molecule has 1 heterocycles. The van der Waals surface area contributed by atoms with Gasteiger partial charge in [0.25, 0.3) is 11.4 Å². The van der Waals surface area contributed by atoms with E-state index in [2.05, 4.69) is 5.32 Å². The van der Waals surface area contributed by atoms with Crippen LogP contribution < -0.4 is 10.1 Å². The fraction of sp³-hybridized carbons (Fsp3) is 0.263. The minimum Gasteiger partial charge on any atom is -0.494 e. The van der Waals surface area contributed by atoms with Crippen molar-refractivity contribution in [3.63, 3.8) is 0 Å². The van der Waals surface area contributed by atoms with Gasteiger partial charge < -0.3 is 10.1 Å². The Morgan fingerprint density at radius 3 is 2.59 bits per heavy atom. The zero-order valence-corrected chi connectivity index (χ0v) is 14.5. The van der Waals surface area contributed by atoms with Crippen molar-refractivity contribution >= 4 is 17.1 Å². The second-order valence-electron chi connectivity index (χ2n) is 6.66. The lowest BCUT2D eigenvalue weighted by Gasteiger charge is -2.37. The highest BCUT2D eigenvalue weighted by Gasteiger charge is 2.42. The maximum Gasteiger partial charge on any atom is 0.274 e. The molecule has 138 valence electrons. The molecule has 8 nitrogen and oxygen atoms in total. The topological polar surface area (TPSA) is 108 Å². The van der Waals surface area contributed by atoms with Gasteiger partial charge in [-0.25, -0.2) is 0 Å². The molecule has 3 atom stereocenters. The molecule has 8 heteroatoms. The third-order valence-corrected chi connectivity index (χ3v) is 5.32. The fourth-order valence-corrected chi connectivity index (χ4v) is 4.14. The molecule has 0 saturated carbocycles. The van der Waals surface area contributed by atoms with Gasteiger partial charge in [-0.3, -0.25) is 20.2 Å². The van der Waals surface area contributed by atoms with Crippen molar-refractivity contribution in [2.24, 2.45) is 5.92 Å². The molecule has 1 aliphatic carbocycles. The van der Waals surface area contributed by atoms with E-state index in [0.29, 0.717) is 17.0 Å². The number of anilines is 1. The molecule has 0 unspecified atom stereocenters. The van der Waals surface area contributed by atoms with Crippen LogP contribution in [0.4, 0.5) is 17.1 Å². The lowest BCUT2D eigenvalue weighted by molar-refractivity contribution is -0.385. The van der Waals surface area contributed by atoms with E-state index in [1.165, 1.54) is 19.2 Å². The van der Waals surface area contributed by atoms with Gasteiger partial charge in [-0.15, -0.1) is 0 Å². The van der Waals surface area contributed by atoms with E-state index in [1.54, 1.807) is 24.3 Å². The van der Waals surface area contributed by atoms with E-state index in [9.17, 15) is 20.2 Å². The second-order valence-corrected chi connectivity index (χ2v) is 6.66. The number of nitrogens with zero attached hydrogens (tertiary/aromatic N) is 2. The van der Waals surface area contributed by atoms with Crippen LogP contribution in [0.2, 0.25) is 0 Å². The van der Waals surface area contributed by atoms with E-state index in [-0.39, 0.29) is 34.2 Å². The highest BCUT2D eigenvalue weighted by molar-refractivity contribution is 5.71. The molecule has 1 aliphatic heterocycles. The number of allylic oxidation sites excluding steroid dienone is 2. The Morgan fingerprint density at radius 2 is 1.89 bits per heavy atom. The van der Waals surface area contributed by atoms with E-state index in [1.807, 2.05) is 12.2 Å². The van der Waals surface area contributed by atoms with Gasteiger partial charge in [-0.1, -0.05) is 30.4 Å². The Hall–Kier alpha value is -3.42. The highest BCUT2D eigenvalue weighted by atomic mass is 16.6. The summed E-state index contributed by atoms with van der Waals surface area (Å²) in [5, 5.41) is 26.2. The molecule has 0 saturated heterocycles. The second kappa shape index (κ2) is 6.39. The molecule has 0 aromatic heterocycles. The quantitative estimate of drug-likeness (QED) is 0.489. The van der Waals surface area contributed by atoms with E-state index >= 15 is 0 Å². The van der Waals surface area contributed by atoms with Gasteiger partial charge in [0.05, 0.1) is 40.3 Å². The first-order valence-corrected chi connectivity index (χ1v) is 8.54. The molecule has 2 aromatic carbocycles. The molecule has 2 aliphatic rings. The van der Waals surface area contributed by atoms with Crippen molar-refractivity contribution in [1.82, 2.24) is 0 Å². The molecule has 0 bridgehead atoms. The summed E-state index contributed by atoms with van der Waals surface area (Å²) >= 11 is 0. The summed E-state index contributed by atoms with van der Waals surface area (Å²) in [4.78, 5) is 22.0. The van der Waals surface area contributed by atoms with Gasteiger partial charge in [-0.2, -0.15) is 0 Å². The van der Waals surface area contributed by atoms with Crippen LogP contribution >= 0.6 is 0 Å². The summed E-state index contributed by atoms with van der Waals surface area (Å²) in [5.74, 6) is 0.326. The summed E-state index contributed by atoms with van der Waals surface area (Å²) in [7, 11) is 1.46. The largest absolute Gasteiger partial charge is 0.494 e. The first-order chi connectivity index (χ1) is 13.0. The zero-order chi connectivity index (χ0) is 19.1. The van der Waals surface area contributed by atoms with Crippen molar-refractivity contribution in [3.05, 3.63) is 79.9 Å². The summed E-state index contributed by atoms with van der Waals surface area (Å²) in [6.45, 7) is 0. The summed E-state index contributed by atoms with van der Waals surface area (Å²) in [6.07, 6.45) is 4.79. The Kier molecular flexibility index (Phi) is 4.02. The van der Waals surface area contributed by atoms with Crippen LogP contribution in [0.15, 0.2) is 48.6 Å². The minimum absolute atomic E-state index is 0.0319. The number of hydrogen-bond donors (Lipinski definition) is 1. The number of methoxy groups -OCH3 is 1. The van der Waals surface area contributed by atoms with Gasteiger partial charge in [0, 0.05) is 18.1 Å². The number of fused-ring (bicyclic) bond motifs is 3. The first-order valence-electron chi connectivity index (χ1n) is 8.54. The molecule has 0 amide bonds. The Balaban J connectivity index is 1.88. The maximum atomic E-state index is 11.5. The molecule has 4 rings (SSSR count). The van der Waals surface area contributed by atoms with E-state index in [0.717, 1.165) is 12.0 Å². The van der Waals surface area contributed by atoms with Crippen LogP contribution in [0.25, 0.3) is 0 Å². The maximum absolute atomic E-state index is 11.5. The predicted octanol–water partition coefficient (Wildman–Crippen LogP) is 4.34. The SMILES string of the molecule is COc1cc([N+](=O)[O-])cc2c1N[C@H](c1ccccc1[N+](=O)[O-])[C@H]1CC=C[C@@H]21. The van der Waals surface area contributed by atoms with Gasteiger partial charge in [0.1, 0.15) is 5.75 Å². The van der Waals surface area contributed by atoms with Crippen molar-refractivity contribution < 1.29 is 14.6 Å². The number of nitro groups is 2. The Bertz CT molecular complexity index is 972. The number of rotatable bonds is 4. The van der Waals surface area contributed by atoms with Gasteiger partial charge in [0.2, 0.25) is 0 Å². The average Bonchev–Trinajstić information content (AvgIpc) is 3.16. The molecular formula is C19H17N3O5. The minimum atomic E-state index is -0.440. The van der Waals surface area contributed by atoms with Gasteiger partial charge >= 0.3 is 0 Å². The third kappa shape index (κ3) is 2.69. The van der Waals surface area contributed by atoms with Crippen LogP contribution in [-0.4, -0.2) is 17.0 Å². The number of nitrogens with one attached hydrogen (secondary N) is 1. The van der Waals surface area contributed by atoms with Crippen LogP contribution in [0.1, 0.15) is 29.5 Å². The summed E-state index contributed by atoms with van der Waals surface area (Å²) < 4.78 is 5.39. The molecule has 0 fully saturated rings. The number of hydrogen-bond acceptors (Lipinski definition) is 6. The monoisotopic (exact) mass is 367 g/mol. The standard InChI is InChI=1S/C19H17N3O5/c1-27-17-10-11(21(23)24)9-15-12-6-4-7-13(12)18(20-19(15)17)14-5-2-3-8-16(14)22(25)26/h2-6,8-10,12-13,18,20H,7H2,1H3/t12-,13+,18+/m1/s1. The number of benzene rings is 2. The predicted molar refractivity (Wildman–Crippen MR) is 99.1 cm³/mol. The average molecular weight is 367 g/mol. The Labute approximate surface area is 154 Å². The molecule has 0 spiro atoms. The lowest BCUT2D eigenvalue weighted by atomic mass is 9.76. The van der Waals surface area contributed by atoms with Crippen molar-refractivity contribution in [3.8, 4) is 5.75 Å². The lowest BCUT2D eigenvalue weighted by Crippen LogP contribution is -2.30. The summed E-state index contributed by atoms with van der Waals surface area (Å²) in [6, 6.07) is 9.33. The smallest absolute Gasteiger partial charge is 0.274 e. The molecule has 1 N–H and O–H groups in total. The van der Waals surface area contributed by atoms with Crippen molar-refractivity contribution in [2.45, 2.75) is 18.4 Å².